The highest BCUT2D eigenvalue weighted by Crippen LogP contribution is 2.24. The molecule has 0 spiro atoms. The number of rotatable bonds is 5. The number of aromatic carboxylic acids is 1. The summed E-state index contributed by atoms with van der Waals surface area (Å²) < 4.78 is 22.2. The molecule has 1 N–H and O–H groups in total. The Balaban J connectivity index is 2.33. The van der Waals surface area contributed by atoms with E-state index in [-0.39, 0.29) is 11.3 Å². The molecule has 0 aliphatic heterocycles. The van der Waals surface area contributed by atoms with Crippen molar-refractivity contribution in [1.82, 2.24) is 4.98 Å². The van der Waals surface area contributed by atoms with Gasteiger partial charge in [-0.1, -0.05) is 18.2 Å². The summed E-state index contributed by atoms with van der Waals surface area (Å²) in [6.45, 7) is 0. The molecular formula is C13H13NO4S2. The summed E-state index contributed by atoms with van der Waals surface area (Å²) in [5.74, 6) is -0.633. The lowest BCUT2D eigenvalue weighted by molar-refractivity contribution is 0.0698. The molecule has 0 unspecified atom stereocenters. The predicted octanol–water partition coefficient (Wildman–Crippen LogP) is 2.07. The van der Waals surface area contributed by atoms with Crippen molar-refractivity contribution >= 4 is 38.5 Å². The van der Waals surface area contributed by atoms with Crippen LogP contribution in [0.2, 0.25) is 0 Å². The maximum absolute atomic E-state index is 11.3. The highest BCUT2D eigenvalue weighted by molar-refractivity contribution is 8.00. The van der Waals surface area contributed by atoms with Crippen molar-refractivity contribution in [2.45, 2.75) is 5.03 Å². The fraction of sp³-hybridized carbons (Fsp3) is 0.231. The topological polar surface area (TPSA) is 84.3 Å². The van der Waals surface area contributed by atoms with E-state index in [0.717, 1.165) is 0 Å². The molecule has 0 amide bonds. The maximum atomic E-state index is 11.3. The molecule has 0 atom stereocenters. The average molecular weight is 311 g/mol. The number of pyridine rings is 1. The molecule has 5 nitrogen and oxygen atoms in total. The molecule has 7 heteroatoms. The van der Waals surface area contributed by atoms with Crippen LogP contribution in [-0.2, 0) is 9.84 Å². The molecule has 0 aliphatic carbocycles. The van der Waals surface area contributed by atoms with Gasteiger partial charge in [0.1, 0.15) is 9.84 Å². The molecule has 0 saturated heterocycles. The second-order valence-corrected chi connectivity index (χ2v) is 7.68. The number of hydrogen-bond acceptors (Lipinski definition) is 5. The lowest BCUT2D eigenvalue weighted by Gasteiger charge is -2.06. The first-order valence-corrected chi connectivity index (χ1v) is 8.85. The Bertz CT molecular complexity index is 756. The lowest BCUT2D eigenvalue weighted by Crippen LogP contribution is -2.05. The Morgan fingerprint density at radius 3 is 2.70 bits per heavy atom. The minimum atomic E-state index is -3.03. The minimum Gasteiger partial charge on any atom is -0.478 e. The van der Waals surface area contributed by atoms with Crippen LogP contribution in [0.4, 0.5) is 0 Å². The van der Waals surface area contributed by atoms with Crippen LogP contribution in [0, 0.1) is 0 Å². The van der Waals surface area contributed by atoms with Gasteiger partial charge in [0.05, 0.1) is 21.9 Å². The molecule has 20 heavy (non-hydrogen) atoms. The van der Waals surface area contributed by atoms with Gasteiger partial charge in [-0.15, -0.1) is 11.8 Å². The standard InChI is InChI=1S/C13H13NO4S2/c1-20(17,18)7-6-19-12-8-10(13(15)16)9-4-2-3-5-11(9)14-12/h2-5,8H,6-7H2,1H3,(H,15,16). The Morgan fingerprint density at radius 1 is 1.35 bits per heavy atom. The molecular weight excluding hydrogens is 298 g/mol. The van der Waals surface area contributed by atoms with Crippen molar-refractivity contribution in [3.8, 4) is 0 Å². The van der Waals surface area contributed by atoms with Gasteiger partial charge in [-0.3, -0.25) is 0 Å². The largest absolute Gasteiger partial charge is 0.478 e. The predicted molar refractivity (Wildman–Crippen MR) is 79.1 cm³/mol. The van der Waals surface area contributed by atoms with Crippen molar-refractivity contribution in [3.63, 3.8) is 0 Å². The number of fused-ring (bicyclic) bond motifs is 1. The van der Waals surface area contributed by atoms with Gasteiger partial charge in [-0.25, -0.2) is 18.2 Å². The third-order valence-electron chi connectivity index (χ3n) is 2.63. The second-order valence-electron chi connectivity index (χ2n) is 4.31. The summed E-state index contributed by atoms with van der Waals surface area (Å²) in [4.78, 5) is 15.6. The van der Waals surface area contributed by atoms with E-state index in [1.165, 1.54) is 24.1 Å². The van der Waals surface area contributed by atoms with Crippen LogP contribution >= 0.6 is 11.8 Å². The van der Waals surface area contributed by atoms with Crippen molar-refractivity contribution in [2.75, 3.05) is 17.8 Å². The number of hydrogen-bond donors (Lipinski definition) is 1. The van der Waals surface area contributed by atoms with Gasteiger partial charge in [-0.2, -0.15) is 0 Å². The number of aromatic nitrogens is 1. The first-order chi connectivity index (χ1) is 9.37. The molecule has 1 heterocycles. The number of carbonyl (C=O) groups is 1. The summed E-state index contributed by atoms with van der Waals surface area (Å²) in [5, 5.41) is 10.3. The normalized spacial score (nSPS) is 11.7. The molecule has 0 saturated carbocycles. The van der Waals surface area contributed by atoms with Gasteiger partial charge in [0.15, 0.2) is 0 Å². The van der Waals surface area contributed by atoms with Gasteiger partial charge in [0.25, 0.3) is 0 Å². The summed E-state index contributed by atoms with van der Waals surface area (Å²) >= 11 is 1.24. The summed E-state index contributed by atoms with van der Waals surface area (Å²) in [5.41, 5.74) is 0.770. The molecule has 1 aromatic heterocycles. The van der Waals surface area contributed by atoms with Gasteiger partial charge < -0.3 is 5.11 Å². The van der Waals surface area contributed by atoms with Crippen LogP contribution in [0.15, 0.2) is 35.4 Å². The first-order valence-electron chi connectivity index (χ1n) is 5.80. The van der Waals surface area contributed by atoms with Gasteiger partial charge in [0.2, 0.25) is 0 Å². The molecule has 0 bridgehead atoms. The van der Waals surface area contributed by atoms with E-state index in [2.05, 4.69) is 4.98 Å². The van der Waals surface area contributed by atoms with Crippen LogP contribution in [0.25, 0.3) is 10.9 Å². The molecule has 1 aromatic carbocycles. The van der Waals surface area contributed by atoms with E-state index in [1.54, 1.807) is 24.3 Å². The Kier molecular flexibility index (Phi) is 4.29. The van der Waals surface area contributed by atoms with E-state index in [1.807, 2.05) is 0 Å². The van der Waals surface area contributed by atoms with Crippen molar-refractivity contribution in [2.24, 2.45) is 0 Å². The quantitative estimate of drug-likeness (QED) is 0.851. The zero-order valence-corrected chi connectivity index (χ0v) is 12.4. The van der Waals surface area contributed by atoms with Crippen LogP contribution in [-0.4, -0.2) is 42.2 Å². The van der Waals surface area contributed by atoms with Gasteiger partial charge >= 0.3 is 5.97 Å². The molecule has 0 radical (unpaired) electrons. The number of carboxylic acid groups (broad SMARTS) is 1. The van der Waals surface area contributed by atoms with Crippen LogP contribution in [0.3, 0.4) is 0 Å². The smallest absolute Gasteiger partial charge is 0.336 e. The zero-order chi connectivity index (χ0) is 14.8. The van der Waals surface area contributed by atoms with Crippen LogP contribution in [0.1, 0.15) is 10.4 Å². The van der Waals surface area contributed by atoms with Crippen molar-refractivity contribution < 1.29 is 18.3 Å². The number of benzene rings is 1. The van der Waals surface area contributed by atoms with Gasteiger partial charge in [0, 0.05) is 17.4 Å². The molecule has 0 aliphatic rings. The summed E-state index contributed by atoms with van der Waals surface area (Å²) in [7, 11) is -3.03. The molecule has 2 rings (SSSR count). The average Bonchev–Trinajstić information content (AvgIpc) is 2.36. The highest BCUT2D eigenvalue weighted by Gasteiger charge is 2.12. The van der Waals surface area contributed by atoms with Crippen LogP contribution in [0.5, 0.6) is 0 Å². The molecule has 106 valence electrons. The van der Waals surface area contributed by atoms with E-state index in [0.29, 0.717) is 21.7 Å². The third-order valence-corrected chi connectivity index (χ3v) is 4.74. The highest BCUT2D eigenvalue weighted by atomic mass is 32.2. The number of thioether (sulfide) groups is 1. The van der Waals surface area contributed by atoms with Crippen LogP contribution < -0.4 is 0 Å². The number of carboxylic acids is 1. The van der Waals surface area contributed by atoms with Gasteiger partial charge in [-0.05, 0) is 12.1 Å². The first kappa shape index (κ1) is 14.8. The molecule has 0 fully saturated rings. The summed E-state index contributed by atoms with van der Waals surface area (Å²) in [6, 6.07) is 8.47. The fourth-order valence-electron chi connectivity index (χ4n) is 1.70. The minimum absolute atomic E-state index is 0.0363. The monoisotopic (exact) mass is 311 g/mol. The Morgan fingerprint density at radius 2 is 2.05 bits per heavy atom. The second kappa shape index (κ2) is 5.80. The third kappa shape index (κ3) is 3.71. The lowest BCUT2D eigenvalue weighted by atomic mass is 10.1. The van der Waals surface area contributed by atoms with E-state index in [9.17, 15) is 18.3 Å². The number of nitrogens with zero attached hydrogens (tertiary/aromatic N) is 1. The van der Waals surface area contributed by atoms with E-state index >= 15 is 0 Å². The van der Waals surface area contributed by atoms with E-state index in [4.69, 9.17) is 0 Å². The van der Waals surface area contributed by atoms with E-state index < -0.39 is 15.8 Å². The molecule has 2 aromatic rings. The summed E-state index contributed by atoms with van der Waals surface area (Å²) in [6.07, 6.45) is 1.17. The Labute approximate surface area is 120 Å². The number of sulfone groups is 1. The SMILES string of the molecule is CS(=O)(=O)CCSc1cc(C(=O)O)c2ccccc2n1. The Hall–Kier alpha value is -1.60. The van der Waals surface area contributed by atoms with Crippen molar-refractivity contribution in [1.29, 1.82) is 0 Å². The maximum Gasteiger partial charge on any atom is 0.336 e. The van der Waals surface area contributed by atoms with Crippen molar-refractivity contribution in [3.05, 3.63) is 35.9 Å². The fourth-order valence-corrected chi connectivity index (χ4v) is 3.82. The number of para-hydroxylation sites is 1. The zero-order valence-electron chi connectivity index (χ0n) is 10.7.